The standard InChI is InChI=1S/C19H28N2O4/c1-14(25-13-16-5-3-7-17(11-16)24-2)19(23)21-10-4-6-15(12-21)8-9-18(20)22/h3,5,7,11,14-15H,4,6,8-10,12-13H2,1-2H3,(H2,20,22). The predicted octanol–water partition coefficient (Wildman–Crippen LogP) is 2.10. The fourth-order valence-electron chi connectivity index (χ4n) is 3.16. The average Bonchev–Trinajstić information content (AvgIpc) is 2.64. The number of likely N-dealkylation sites (tertiary alicyclic amines) is 1. The minimum atomic E-state index is -0.499. The summed E-state index contributed by atoms with van der Waals surface area (Å²) in [5.41, 5.74) is 6.19. The Balaban J connectivity index is 1.82. The largest absolute Gasteiger partial charge is 0.497 e. The number of carbonyl (C=O) groups excluding carboxylic acids is 2. The molecule has 1 heterocycles. The number of nitrogens with two attached hydrogens (primary N) is 1. The first-order valence-electron chi connectivity index (χ1n) is 8.81. The molecule has 2 rings (SSSR count). The summed E-state index contributed by atoms with van der Waals surface area (Å²) in [5, 5.41) is 0. The van der Waals surface area contributed by atoms with E-state index in [1.807, 2.05) is 29.2 Å². The number of hydrogen-bond donors (Lipinski definition) is 1. The van der Waals surface area contributed by atoms with Crippen molar-refractivity contribution in [2.45, 2.75) is 45.3 Å². The van der Waals surface area contributed by atoms with Gasteiger partial charge in [0, 0.05) is 19.5 Å². The Morgan fingerprint density at radius 3 is 2.92 bits per heavy atom. The van der Waals surface area contributed by atoms with E-state index in [0.29, 0.717) is 25.5 Å². The number of hydrogen-bond acceptors (Lipinski definition) is 4. The molecule has 0 radical (unpaired) electrons. The van der Waals surface area contributed by atoms with E-state index >= 15 is 0 Å². The van der Waals surface area contributed by atoms with Crippen molar-refractivity contribution in [3.05, 3.63) is 29.8 Å². The lowest BCUT2D eigenvalue weighted by molar-refractivity contribution is -0.145. The zero-order valence-corrected chi connectivity index (χ0v) is 15.1. The zero-order valence-electron chi connectivity index (χ0n) is 15.1. The van der Waals surface area contributed by atoms with Crippen molar-refractivity contribution < 1.29 is 19.1 Å². The summed E-state index contributed by atoms with van der Waals surface area (Å²) >= 11 is 0. The first kappa shape index (κ1) is 19.2. The van der Waals surface area contributed by atoms with Crippen molar-refractivity contribution >= 4 is 11.8 Å². The van der Waals surface area contributed by atoms with Gasteiger partial charge in [-0.05, 0) is 49.8 Å². The molecule has 0 spiro atoms. The van der Waals surface area contributed by atoms with Crippen LogP contribution in [-0.2, 0) is 20.9 Å². The molecular weight excluding hydrogens is 320 g/mol. The Bertz CT molecular complexity index is 591. The number of amides is 2. The molecule has 2 unspecified atom stereocenters. The Morgan fingerprint density at radius 2 is 2.20 bits per heavy atom. The van der Waals surface area contributed by atoms with E-state index in [0.717, 1.165) is 37.1 Å². The first-order valence-corrected chi connectivity index (χ1v) is 8.81. The quantitative estimate of drug-likeness (QED) is 0.780. The third-order valence-electron chi connectivity index (χ3n) is 4.61. The van der Waals surface area contributed by atoms with Crippen molar-refractivity contribution in [3.63, 3.8) is 0 Å². The van der Waals surface area contributed by atoms with Crippen LogP contribution in [0.3, 0.4) is 0 Å². The minimum Gasteiger partial charge on any atom is -0.497 e. The molecule has 0 saturated carbocycles. The van der Waals surface area contributed by atoms with Gasteiger partial charge in [-0.2, -0.15) is 0 Å². The summed E-state index contributed by atoms with van der Waals surface area (Å²) in [5.74, 6) is 0.842. The third-order valence-corrected chi connectivity index (χ3v) is 4.61. The molecule has 1 aliphatic rings. The lowest BCUT2D eigenvalue weighted by Gasteiger charge is -2.34. The number of carbonyl (C=O) groups is 2. The highest BCUT2D eigenvalue weighted by Crippen LogP contribution is 2.22. The van der Waals surface area contributed by atoms with Gasteiger partial charge >= 0.3 is 0 Å². The summed E-state index contributed by atoms with van der Waals surface area (Å²) in [6.07, 6.45) is 2.63. The molecule has 1 aromatic rings. The van der Waals surface area contributed by atoms with Crippen LogP contribution in [0.25, 0.3) is 0 Å². The number of rotatable bonds is 8. The predicted molar refractivity (Wildman–Crippen MR) is 95.0 cm³/mol. The number of primary amides is 1. The van der Waals surface area contributed by atoms with E-state index in [-0.39, 0.29) is 11.8 Å². The average molecular weight is 348 g/mol. The van der Waals surface area contributed by atoms with Crippen LogP contribution in [0.2, 0.25) is 0 Å². The van der Waals surface area contributed by atoms with Gasteiger partial charge in [-0.3, -0.25) is 9.59 Å². The Kier molecular flexibility index (Phi) is 7.25. The summed E-state index contributed by atoms with van der Waals surface area (Å²) < 4.78 is 10.9. The van der Waals surface area contributed by atoms with Gasteiger partial charge in [-0.25, -0.2) is 0 Å². The molecule has 0 aliphatic carbocycles. The second kappa shape index (κ2) is 9.42. The maximum absolute atomic E-state index is 12.6. The highest BCUT2D eigenvalue weighted by atomic mass is 16.5. The summed E-state index contributed by atoms with van der Waals surface area (Å²) in [6, 6.07) is 7.62. The van der Waals surface area contributed by atoms with Crippen LogP contribution in [0, 0.1) is 5.92 Å². The van der Waals surface area contributed by atoms with Crippen LogP contribution in [0.4, 0.5) is 0 Å². The van der Waals surface area contributed by atoms with E-state index in [1.54, 1.807) is 14.0 Å². The van der Waals surface area contributed by atoms with Gasteiger partial charge in [-0.1, -0.05) is 12.1 Å². The lowest BCUT2D eigenvalue weighted by Crippen LogP contribution is -2.45. The molecule has 2 amide bonds. The van der Waals surface area contributed by atoms with Crippen molar-refractivity contribution in [3.8, 4) is 5.75 Å². The fraction of sp³-hybridized carbons (Fsp3) is 0.579. The van der Waals surface area contributed by atoms with Gasteiger partial charge in [0.1, 0.15) is 11.9 Å². The maximum Gasteiger partial charge on any atom is 0.251 e. The molecule has 6 nitrogen and oxygen atoms in total. The molecule has 6 heteroatoms. The first-order chi connectivity index (χ1) is 12.0. The molecule has 2 N–H and O–H groups in total. The zero-order chi connectivity index (χ0) is 18.2. The molecule has 0 aromatic heterocycles. The van der Waals surface area contributed by atoms with Crippen molar-refractivity contribution in [1.82, 2.24) is 4.90 Å². The van der Waals surface area contributed by atoms with Crippen LogP contribution in [0.15, 0.2) is 24.3 Å². The molecular formula is C19H28N2O4. The molecule has 0 bridgehead atoms. The number of nitrogens with zero attached hydrogens (tertiary/aromatic N) is 1. The second-order valence-electron chi connectivity index (χ2n) is 6.60. The Labute approximate surface area is 149 Å². The fourth-order valence-corrected chi connectivity index (χ4v) is 3.16. The van der Waals surface area contributed by atoms with Crippen molar-refractivity contribution in [1.29, 1.82) is 0 Å². The summed E-state index contributed by atoms with van der Waals surface area (Å²) in [7, 11) is 1.62. The monoisotopic (exact) mass is 348 g/mol. The van der Waals surface area contributed by atoms with Gasteiger partial charge in [0.25, 0.3) is 5.91 Å². The molecule has 1 saturated heterocycles. The third kappa shape index (κ3) is 6.05. The minimum absolute atomic E-state index is 0.00618. The van der Waals surface area contributed by atoms with Crippen LogP contribution in [-0.4, -0.2) is 43.0 Å². The smallest absolute Gasteiger partial charge is 0.251 e. The summed E-state index contributed by atoms with van der Waals surface area (Å²) in [6.45, 7) is 3.58. The highest BCUT2D eigenvalue weighted by molar-refractivity contribution is 5.80. The molecule has 2 atom stereocenters. The number of ether oxygens (including phenoxy) is 2. The molecule has 1 aliphatic heterocycles. The molecule has 1 fully saturated rings. The van der Waals surface area contributed by atoms with Gasteiger partial charge in [0.2, 0.25) is 5.91 Å². The Morgan fingerprint density at radius 1 is 1.40 bits per heavy atom. The van der Waals surface area contributed by atoms with E-state index in [4.69, 9.17) is 15.2 Å². The Hall–Kier alpha value is -2.08. The number of benzene rings is 1. The lowest BCUT2D eigenvalue weighted by atomic mass is 9.93. The highest BCUT2D eigenvalue weighted by Gasteiger charge is 2.27. The number of piperidine rings is 1. The topological polar surface area (TPSA) is 81.9 Å². The van der Waals surface area contributed by atoms with Crippen LogP contribution < -0.4 is 10.5 Å². The van der Waals surface area contributed by atoms with Crippen molar-refractivity contribution in [2.75, 3.05) is 20.2 Å². The molecule has 1 aromatic carbocycles. The van der Waals surface area contributed by atoms with Gasteiger partial charge < -0.3 is 20.1 Å². The molecule has 138 valence electrons. The normalized spacial score (nSPS) is 18.6. The maximum atomic E-state index is 12.6. The van der Waals surface area contributed by atoms with Crippen LogP contribution >= 0.6 is 0 Å². The van der Waals surface area contributed by atoms with Crippen molar-refractivity contribution in [2.24, 2.45) is 11.7 Å². The van der Waals surface area contributed by atoms with Gasteiger partial charge in [0.15, 0.2) is 0 Å². The van der Waals surface area contributed by atoms with Crippen LogP contribution in [0.5, 0.6) is 5.75 Å². The SMILES string of the molecule is COc1cccc(COC(C)C(=O)N2CCCC(CCC(N)=O)C2)c1. The number of methoxy groups -OCH3 is 1. The van der Waals surface area contributed by atoms with E-state index < -0.39 is 6.10 Å². The second-order valence-corrected chi connectivity index (χ2v) is 6.60. The van der Waals surface area contributed by atoms with E-state index in [2.05, 4.69) is 0 Å². The molecule has 25 heavy (non-hydrogen) atoms. The van der Waals surface area contributed by atoms with E-state index in [1.165, 1.54) is 0 Å². The van der Waals surface area contributed by atoms with Gasteiger partial charge in [-0.15, -0.1) is 0 Å². The van der Waals surface area contributed by atoms with E-state index in [9.17, 15) is 9.59 Å². The van der Waals surface area contributed by atoms with Gasteiger partial charge in [0.05, 0.1) is 13.7 Å². The van der Waals surface area contributed by atoms with Crippen LogP contribution in [0.1, 0.15) is 38.2 Å². The summed E-state index contributed by atoms with van der Waals surface area (Å²) in [4.78, 5) is 25.4.